The minimum atomic E-state index is -0.551. The first kappa shape index (κ1) is 19.2. The molecule has 148 valence electrons. The van der Waals surface area contributed by atoms with Crippen molar-refractivity contribution in [3.63, 3.8) is 0 Å². The van der Waals surface area contributed by atoms with E-state index in [1.165, 1.54) is 16.3 Å². The van der Waals surface area contributed by atoms with Gasteiger partial charge in [-0.15, -0.1) is 10.2 Å². The van der Waals surface area contributed by atoms with E-state index >= 15 is 0 Å². The number of para-hydroxylation sites is 2. The number of ether oxygens (including phenoxy) is 1. The third-order valence-corrected chi connectivity index (χ3v) is 5.05. The van der Waals surface area contributed by atoms with Crippen LogP contribution in [0.5, 0.6) is 0 Å². The number of carbonyl (C=O) groups is 1. The van der Waals surface area contributed by atoms with Gasteiger partial charge in [-0.2, -0.15) is 0 Å². The van der Waals surface area contributed by atoms with Crippen LogP contribution < -0.4 is 5.56 Å². The van der Waals surface area contributed by atoms with E-state index in [0.717, 1.165) is 0 Å². The van der Waals surface area contributed by atoms with Crippen LogP contribution in [-0.2, 0) is 9.53 Å². The Balaban J connectivity index is 1.86. The zero-order valence-electron chi connectivity index (χ0n) is 16.3. The first-order valence-electron chi connectivity index (χ1n) is 9.14. The summed E-state index contributed by atoms with van der Waals surface area (Å²) >= 11 is 1.23. The second-order valence-corrected chi connectivity index (χ2v) is 8.43. The van der Waals surface area contributed by atoms with Gasteiger partial charge in [-0.3, -0.25) is 14.0 Å². The van der Waals surface area contributed by atoms with Crippen molar-refractivity contribution in [3.8, 4) is 5.69 Å². The summed E-state index contributed by atoms with van der Waals surface area (Å²) in [6, 6.07) is 16.6. The maximum atomic E-state index is 13.2. The molecule has 0 radical (unpaired) electrons. The number of carbonyl (C=O) groups excluding carboxylic acids is 1. The van der Waals surface area contributed by atoms with E-state index in [2.05, 4.69) is 10.2 Å². The summed E-state index contributed by atoms with van der Waals surface area (Å²) in [5.41, 5.74) is 0.668. The summed E-state index contributed by atoms with van der Waals surface area (Å²) < 4.78 is 8.71. The fraction of sp³-hybridized carbons (Fsp3) is 0.238. The highest BCUT2D eigenvalue weighted by Gasteiger charge is 2.20. The van der Waals surface area contributed by atoms with Gasteiger partial charge in [0.25, 0.3) is 5.56 Å². The van der Waals surface area contributed by atoms with Gasteiger partial charge in [-0.25, -0.2) is 4.57 Å². The molecule has 29 heavy (non-hydrogen) atoms. The average Bonchev–Trinajstić information content (AvgIpc) is 3.10. The van der Waals surface area contributed by atoms with Crippen LogP contribution in [0, 0.1) is 0 Å². The van der Waals surface area contributed by atoms with Gasteiger partial charge in [0.1, 0.15) is 5.60 Å². The number of esters is 1. The molecule has 0 saturated carbocycles. The van der Waals surface area contributed by atoms with Crippen LogP contribution in [0.15, 0.2) is 64.5 Å². The van der Waals surface area contributed by atoms with Crippen LogP contribution in [0.3, 0.4) is 0 Å². The minimum absolute atomic E-state index is 0.0941. The molecular formula is C21H20N4O3S. The summed E-state index contributed by atoms with van der Waals surface area (Å²) in [4.78, 5) is 25.3. The molecule has 0 atom stereocenters. The number of hydrogen-bond donors (Lipinski definition) is 0. The third kappa shape index (κ3) is 3.75. The molecule has 7 nitrogen and oxygen atoms in total. The Morgan fingerprint density at radius 2 is 1.72 bits per heavy atom. The molecule has 2 aromatic carbocycles. The summed E-state index contributed by atoms with van der Waals surface area (Å²) in [5, 5.41) is 9.58. The zero-order chi connectivity index (χ0) is 20.6. The largest absolute Gasteiger partial charge is 0.459 e. The standard InChI is InChI=1S/C21H20N4O3S/c1-21(2,3)28-17(26)13-29-20-23-22-19-24(14-9-5-4-6-10-14)18(27)15-11-7-8-12-16(15)25(19)20/h4-12H,13H2,1-3H3. The molecule has 0 unspecified atom stereocenters. The lowest BCUT2D eigenvalue weighted by Gasteiger charge is -2.19. The highest BCUT2D eigenvalue weighted by Crippen LogP contribution is 2.23. The molecule has 0 spiro atoms. The van der Waals surface area contributed by atoms with Crippen molar-refractivity contribution in [2.24, 2.45) is 0 Å². The van der Waals surface area contributed by atoms with Crippen molar-refractivity contribution in [2.75, 3.05) is 5.75 Å². The monoisotopic (exact) mass is 408 g/mol. The summed E-state index contributed by atoms with van der Waals surface area (Å²) in [6.07, 6.45) is 0. The van der Waals surface area contributed by atoms with Crippen molar-refractivity contribution in [2.45, 2.75) is 31.5 Å². The molecule has 0 aliphatic heterocycles. The fourth-order valence-electron chi connectivity index (χ4n) is 3.08. The van der Waals surface area contributed by atoms with E-state index in [9.17, 15) is 9.59 Å². The zero-order valence-corrected chi connectivity index (χ0v) is 17.1. The van der Waals surface area contributed by atoms with Crippen LogP contribution in [0.2, 0.25) is 0 Å². The number of thioether (sulfide) groups is 1. The molecule has 0 fully saturated rings. The number of nitrogens with zero attached hydrogens (tertiary/aromatic N) is 4. The Morgan fingerprint density at radius 1 is 1.03 bits per heavy atom. The van der Waals surface area contributed by atoms with Gasteiger partial charge in [0.05, 0.1) is 22.3 Å². The molecule has 8 heteroatoms. The van der Waals surface area contributed by atoms with Gasteiger partial charge in [0.15, 0.2) is 5.16 Å². The molecule has 0 N–H and O–H groups in total. The molecular weight excluding hydrogens is 388 g/mol. The Hall–Kier alpha value is -3.13. The molecule has 4 aromatic rings. The quantitative estimate of drug-likeness (QED) is 0.380. The number of rotatable bonds is 4. The van der Waals surface area contributed by atoms with Gasteiger partial charge in [-0.05, 0) is 45.0 Å². The predicted octanol–water partition coefficient (Wildman–Crippen LogP) is 3.47. The van der Waals surface area contributed by atoms with Gasteiger partial charge in [0.2, 0.25) is 5.78 Å². The maximum absolute atomic E-state index is 13.2. The van der Waals surface area contributed by atoms with Gasteiger partial charge < -0.3 is 4.74 Å². The van der Waals surface area contributed by atoms with E-state index in [1.54, 1.807) is 10.5 Å². The van der Waals surface area contributed by atoms with E-state index < -0.39 is 5.60 Å². The second kappa shape index (κ2) is 7.36. The van der Waals surface area contributed by atoms with E-state index in [1.807, 2.05) is 69.3 Å². The highest BCUT2D eigenvalue weighted by atomic mass is 32.2. The Labute approximate surface area is 171 Å². The Morgan fingerprint density at radius 3 is 2.45 bits per heavy atom. The van der Waals surface area contributed by atoms with E-state index in [-0.39, 0.29) is 17.3 Å². The lowest BCUT2D eigenvalue weighted by molar-refractivity contribution is -0.151. The minimum Gasteiger partial charge on any atom is -0.459 e. The van der Waals surface area contributed by atoms with Crippen molar-refractivity contribution in [1.29, 1.82) is 0 Å². The van der Waals surface area contributed by atoms with Crippen molar-refractivity contribution in [3.05, 3.63) is 65.0 Å². The summed E-state index contributed by atoms with van der Waals surface area (Å²) in [5.74, 6) is 0.156. The maximum Gasteiger partial charge on any atom is 0.316 e. The summed E-state index contributed by atoms with van der Waals surface area (Å²) in [7, 11) is 0. The lowest BCUT2D eigenvalue weighted by Crippen LogP contribution is -2.25. The van der Waals surface area contributed by atoms with Crippen molar-refractivity contribution >= 4 is 34.4 Å². The molecule has 0 aliphatic carbocycles. The molecule has 4 rings (SSSR count). The number of aromatic nitrogens is 4. The van der Waals surface area contributed by atoms with Crippen molar-refractivity contribution < 1.29 is 9.53 Å². The lowest BCUT2D eigenvalue weighted by atomic mass is 10.2. The SMILES string of the molecule is CC(C)(C)OC(=O)CSc1nnc2n(-c3ccccc3)c(=O)c3ccccc3n12. The first-order chi connectivity index (χ1) is 13.8. The number of benzene rings is 2. The predicted molar refractivity (Wildman–Crippen MR) is 113 cm³/mol. The van der Waals surface area contributed by atoms with E-state index in [0.29, 0.717) is 27.5 Å². The smallest absolute Gasteiger partial charge is 0.316 e. The molecule has 2 heterocycles. The number of fused-ring (bicyclic) bond motifs is 3. The van der Waals surface area contributed by atoms with Crippen LogP contribution in [0.1, 0.15) is 20.8 Å². The Kier molecular flexibility index (Phi) is 4.87. The average molecular weight is 408 g/mol. The topological polar surface area (TPSA) is 78.5 Å². The molecule has 0 saturated heterocycles. The third-order valence-electron chi connectivity index (χ3n) is 4.15. The molecule has 0 aliphatic rings. The molecule has 0 amide bonds. The van der Waals surface area contributed by atoms with Gasteiger partial charge in [-0.1, -0.05) is 42.1 Å². The molecule has 0 bridgehead atoms. The Bertz CT molecular complexity index is 1260. The summed E-state index contributed by atoms with van der Waals surface area (Å²) in [6.45, 7) is 5.48. The number of hydrogen-bond acceptors (Lipinski definition) is 6. The second-order valence-electron chi connectivity index (χ2n) is 7.49. The molecule has 2 aromatic heterocycles. The first-order valence-corrected chi connectivity index (χ1v) is 10.1. The van der Waals surface area contributed by atoms with Crippen LogP contribution in [0.4, 0.5) is 0 Å². The normalized spacial score (nSPS) is 11.8. The fourth-order valence-corrected chi connectivity index (χ4v) is 3.79. The van der Waals surface area contributed by atoms with E-state index in [4.69, 9.17) is 4.74 Å². The van der Waals surface area contributed by atoms with Crippen LogP contribution in [0.25, 0.3) is 22.4 Å². The van der Waals surface area contributed by atoms with Gasteiger partial charge >= 0.3 is 5.97 Å². The highest BCUT2D eigenvalue weighted by molar-refractivity contribution is 7.99. The van der Waals surface area contributed by atoms with Crippen LogP contribution in [-0.4, -0.2) is 36.5 Å². The van der Waals surface area contributed by atoms with Crippen molar-refractivity contribution in [1.82, 2.24) is 19.2 Å². The van der Waals surface area contributed by atoms with Gasteiger partial charge in [0, 0.05) is 0 Å². The van der Waals surface area contributed by atoms with Crippen LogP contribution >= 0.6 is 11.8 Å².